The van der Waals surface area contributed by atoms with Gasteiger partial charge in [0.1, 0.15) is 5.54 Å². The molecular weight excluding hydrogens is 238 g/mol. The standard InChI is InChI=1S/C15H25N3O/c1-4-13(5-2)18(3)11-15(17,14(16)19)12-9-7-6-8-10-12/h6-10,13H,4-5,11,17H2,1-3H3,(H2,16,19). The lowest BCUT2D eigenvalue weighted by molar-refractivity contribution is -0.124. The number of nitrogens with two attached hydrogens (primary N) is 2. The Morgan fingerprint density at radius 1 is 1.26 bits per heavy atom. The zero-order valence-electron chi connectivity index (χ0n) is 12.1. The quantitative estimate of drug-likeness (QED) is 0.782. The van der Waals surface area contributed by atoms with Gasteiger partial charge in [-0.05, 0) is 25.5 Å². The summed E-state index contributed by atoms with van der Waals surface area (Å²) in [5.41, 5.74) is 11.5. The third-order valence-corrected chi connectivity index (χ3v) is 3.79. The van der Waals surface area contributed by atoms with E-state index in [0.29, 0.717) is 12.6 Å². The molecule has 0 aliphatic rings. The summed E-state index contributed by atoms with van der Waals surface area (Å²) in [6, 6.07) is 9.76. The second-order valence-corrected chi connectivity index (χ2v) is 5.09. The third kappa shape index (κ3) is 3.55. The number of amides is 1. The molecule has 0 radical (unpaired) electrons. The Labute approximate surface area is 115 Å². The van der Waals surface area contributed by atoms with E-state index in [2.05, 4.69) is 18.7 Å². The fraction of sp³-hybridized carbons (Fsp3) is 0.533. The summed E-state index contributed by atoms with van der Waals surface area (Å²) in [6.07, 6.45) is 2.05. The van der Waals surface area contributed by atoms with Crippen LogP contribution in [0.25, 0.3) is 0 Å². The predicted octanol–water partition coefficient (Wildman–Crippen LogP) is 1.45. The van der Waals surface area contributed by atoms with Crippen molar-refractivity contribution >= 4 is 5.91 Å². The number of carbonyl (C=O) groups is 1. The molecule has 1 aromatic carbocycles. The summed E-state index contributed by atoms with van der Waals surface area (Å²) in [4.78, 5) is 13.9. The highest BCUT2D eigenvalue weighted by Crippen LogP contribution is 2.21. The lowest BCUT2D eigenvalue weighted by Crippen LogP contribution is -2.57. The second kappa shape index (κ2) is 6.68. The molecule has 0 spiro atoms. The van der Waals surface area contributed by atoms with Crippen molar-refractivity contribution in [2.24, 2.45) is 11.5 Å². The van der Waals surface area contributed by atoms with Gasteiger partial charge in [0.05, 0.1) is 0 Å². The van der Waals surface area contributed by atoms with Crippen LogP contribution in [0.15, 0.2) is 30.3 Å². The van der Waals surface area contributed by atoms with Crippen LogP contribution in [0, 0.1) is 0 Å². The maximum absolute atomic E-state index is 11.8. The van der Waals surface area contributed by atoms with E-state index >= 15 is 0 Å². The van der Waals surface area contributed by atoms with Gasteiger partial charge in [0.25, 0.3) is 0 Å². The van der Waals surface area contributed by atoms with Crippen LogP contribution in [-0.4, -0.2) is 30.4 Å². The van der Waals surface area contributed by atoms with Crippen LogP contribution in [0.4, 0.5) is 0 Å². The maximum atomic E-state index is 11.8. The summed E-state index contributed by atoms with van der Waals surface area (Å²) < 4.78 is 0. The first-order chi connectivity index (χ1) is 8.95. The minimum absolute atomic E-state index is 0.408. The molecule has 0 heterocycles. The molecule has 4 N–H and O–H groups in total. The smallest absolute Gasteiger partial charge is 0.243 e. The van der Waals surface area contributed by atoms with Gasteiger partial charge >= 0.3 is 0 Å². The van der Waals surface area contributed by atoms with Crippen molar-refractivity contribution in [2.75, 3.05) is 13.6 Å². The average Bonchev–Trinajstić information content (AvgIpc) is 2.40. The predicted molar refractivity (Wildman–Crippen MR) is 78.5 cm³/mol. The molecule has 0 aromatic heterocycles. The van der Waals surface area contributed by atoms with E-state index in [1.807, 2.05) is 37.4 Å². The van der Waals surface area contributed by atoms with Crippen molar-refractivity contribution in [1.82, 2.24) is 4.90 Å². The SMILES string of the molecule is CCC(CC)N(C)CC(N)(C(N)=O)c1ccccc1. The first kappa shape index (κ1) is 15.7. The van der Waals surface area contributed by atoms with Crippen LogP contribution < -0.4 is 11.5 Å². The molecule has 19 heavy (non-hydrogen) atoms. The highest BCUT2D eigenvalue weighted by molar-refractivity contribution is 5.86. The molecule has 0 fully saturated rings. The Morgan fingerprint density at radius 2 is 1.79 bits per heavy atom. The van der Waals surface area contributed by atoms with Crippen molar-refractivity contribution in [3.05, 3.63) is 35.9 Å². The number of hydrogen-bond donors (Lipinski definition) is 2. The van der Waals surface area contributed by atoms with Gasteiger partial charge in [-0.3, -0.25) is 4.79 Å². The Balaban J connectivity index is 2.99. The van der Waals surface area contributed by atoms with Gasteiger partial charge in [-0.25, -0.2) is 0 Å². The molecule has 4 nitrogen and oxygen atoms in total. The first-order valence-corrected chi connectivity index (χ1v) is 6.80. The molecule has 106 valence electrons. The van der Waals surface area contributed by atoms with Gasteiger partial charge in [0, 0.05) is 12.6 Å². The van der Waals surface area contributed by atoms with E-state index < -0.39 is 11.4 Å². The van der Waals surface area contributed by atoms with Crippen molar-refractivity contribution < 1.29 is 4.79 Å². The lowest BCUT2D eigenvalue weighted by Gasteiger charge is -2.35. The number of carbonyl (C=O) groups excluding carboxylic acids is 1. The molecule has 0 aliphatic carbocycles. The Bertz CT molecular complexity index is 403. The molecule has 1 amide bonds. The van der Waals surface area contributed by atoms with Gasteiger partial charge in [0.15, 0.2) is 0 Å². The molecule has 0 saturated carbocycles. The molecule has 0 saturated heterocycles. The van der Waals surface area contributed by atoms with Gasteiger partial charge in [-0.2, -0.15) is 0 Å². The van der Waals surface area contributed by atoms with E-state index in [-0.39, 0.29) is 0 Å². The van der Waals surface area contributed by atoms with E-state index in [4.69, 9.17) is 11.5 Å². The second-order valence-electron chi connectivity index (χ2n) is 5.09. The molecular formula is C15H25N3O. The van der Waals surface area contributed by atoms with Gasteiger partial charge in [-0.1, -0.05) is 44.2 Å². The van der Waals surface area contributed by atoms with Crippen LogP contribution in [0.3, 0.4) is 0 Å². The van der Waals surface area contributed by atoms with Crippen LogP contribution >= 0.6 is 0 Å². The highest BCUT2D eigenvalue weighted by Gasteiger charge is 2.36. The number of likely N-dealkylation sites (N-methyl/N-ethyl adjacent to an activating group) is 1. The summed E-state index contributed by atoms with van der Waals surface area (Å²) in [6.45, 7) is 4.70. The monoisotopic (exact) mass is 263 g/mol. The van der Waals surface area contributed by atoms with Crippen molar-refractivity contribution in [3.63, 3.8) is 0 Å². The Kier molecular flexibility index (Phi) is 5.51. The number of nitrogens with zero attached hydrogens (tertiary/aromatic N) is 1. The summed E-state index contributed by atoms with van der Waals surface area (Å²) in [7, 11) is 1.99. The molecule has 1 aromatic rings. The number of primary amides is 1. The number of benzene rings is 1. The van der Waals surface area contributed by atoms with Crippen LogP contribution in [0.1, 0.15) is 32.3 Å². The van der Waals surface area contributed by atoms with Crippen molar-refractivity contribution in [1.29, 1.82) is 0 Å². The summed E-state index contributed by atoms with van der Waals surface area (Å²) in [5.74, 6) is -0.489. The normalized spacial score (nSPS) is 14.6. The molecule has 0 bridgehead atoms. The molecule has 4 heteroatoms. The number of rotatable bonds is 7. The Hall–Kier alpha value is -1.39. The topological polar surface area (TPSA) is 72.3 Å². The zero-order chi connectivity index (χ0) is 14.5. The zero-order valence-corrected chi connectivity index (χ0v) is 12.1. The fourth-order valence-electron chi connectivity index (χ4n) is 2.48. The molecule has 0 aliphatic heterocycles. The lowest BCUT2D eigenvalue weighted by atomic mass is 9.89. The molecule has 1 unspecified atom stereocenters. The van der Waals surface area contributed by atoms with Gasteiger partial charge < -0.3 is 16.4 Å². The van der Waals surface area contributed by atoms with E-state index in [9.17, 15) is 4.79 Å². The van der Waals surface area contributed by atoms with E-state index in [1.165, 1.54) is 0 Å². The van der Waals surface area contributed by atoms with Gasteiger partial charge in [-0.15, -0.1) is 0 Å². The summed E-state index contributed by atoms with van der Waals surface area (Å²) >= 11 is 0. The van der Waals surface area contributed by atoms with Gasteiger partial charge in [0.2, 0.25) is 5.91 Å². The summed E-state index contributed by atoms with van der Waals surface area (Å²) in [5, 5.41) is 0. The van der Waals surface area contributed by atoms with Crippen molar-refractivity contribution in [2.45, 2.75) is 38.3 Å². The largest absolute Gasteiger partial charge is 0.368 e. The number of hydrogen-bond acceptors (Lipinski definition) is 3. The van der Waals surface area contributed by atoms with Crippen LogP contribution in [0.2, 0.25) is 0 Å². The van der Waals surface area contributed by atoms with E-state index in [0.717, 1.165) is 18.4 Å². The average molecular weight is 263 g/mol. The minimum Gasteiger partial charge on any atom is -0.368 e. The molecule has 1 atom stereocenters. The third-order valence-electron chi connectivity index (χ3n) is 3.79. The van der Waals surface area contributed by atoms with Crippen LogP contribution in [0.5, 0.6) is 0 Å². The Morgan fingerprint density at radius 3 is 2.21 bits per heavy atom. The maximum Gasteiger partial charge on any atom is 0.243 e. The van der Waals surface area contributed by atoms with E-state index in [1.54, 1.807) is 0 Å². The highest BCUT2D eigenvalue weighted by atomic mass is 16.1. The molecule has 1 rings (SSSR count). The first-order valence-electron chi connectivity index (χ1n) is 6.80. The minimum atomic E-state index is -1.14. The van der Waals surface area contributed by atoms with Crippen LogP contribution in [-0.2, 0) is 10.3 Å². The van der Waals surface area contributed by atoms with Crippen molar-refractivity contribution in [3.8, 4) is 0 Å². The fourth-order valence-corrected chi connectivity index (χ4v) is 2.48.